The molecule has 0 unspecified atom stereocenters. The Morgan fingerprint density at radius 3 is 2.76 bits per heavy atom. The number of carbonyl (C=O) groups excluding carboxylic acids is 2. The molecule has 1 heterocycles. The van der Waals surface area contributed by atoms with Crippen molar-refractivity contribution in [2.24, 2.45) is 5.92 Å². The lowest BCUT2D eigenvalue weighted by Crippen LogP contribution is -2.43. The molecular formula is C16H19ClN2O2. The first-order valence-corrected chi connectivity index (χ1v) is 7.82. The van der Waals surface area contributed by atoms with Crippen LogP contribution in [-0.4, -0.2) is 29.3 Å². The molecule has 1 saturated carbocycles. The second kappa shape index (κ2) is 5.68. The SMILES string of the molecule is Cc1c(Cl)cccc1NC(=O)[C@H]1CCCN1C(=O)C1CC1. The fourth-order valence-corrected chi connectivity index (χ4v) is 3.00. The smallest absolute Gasteiger partial charge is 0.247 e. The van der Waals surface area contributed by atoms with Gasteiger partial charge in [0, 0.05) is 23.2 Å². The van der Waals surface area contributed by atoms with E-state index in [1.165, 1.54) is 0 Å². The summed E-state index contributed by atoms with van der Waals surface area (Å²) in [6.45, 7) is 2.57. The molecule has 1 N–H and O–H groups in total. The summed E-state index contributed by atoms with van der Waals surface area (Å²) >= 11 is 6.07. The lowest BCUT2D eigenvalue weighted by atomic mass is 10.1. The van der Waals surface area contributed by atoms with Crippen LogP contribution in [0.1, 0.15) is 31.2 Å². The fraction of sp³-hybridized carbons (Fsp3) is 0.500. The molecule has 5 heteroatoms. The highest BCUT2D eigenvalue weighted by Crippen LogP contribution is 2.34. The van der Waals surface area contributed by atoms with Crippen molar-refractivity contribution in [3.8, 4) is 0 Å². The predicted molar refractivity (Wildman–Crippen MR) is 82.3 cm³/mol. The van der Waals surface area contributed by atoms with E-state index in [-0.39, 0.29) is 23.8 Å². The molecule has 3 rings (SSSR count). The van der Waals surface area contributed by atoms with E-state index in [9.17, 15) is 9.59 Å². The molecule has 0 bridgehead atoms. The summed E-state index contributed by atoms with van der Waals surface area (Å²) < 4.78 is 0. The van der Waals surface area contributed by atoms with Crippen molar-refractivity contribution in [2.75, 3.05) is 11.9 Å². The molecule has 2 fully saturated rings. The predicted octanol–water partition coefficient (Wildman–Crippen LogP) is 2.99. The fourth-order valence-electron chi connectivity index (χ4n) is 2.83. The number of nitrogens with zero attached hydrogens (tertiary/aromatic N) is 1. The van der Waals surface area contributed by atoms with Crippen molar-refractivity contribution in [3.05, 3.63) is 28.8 Å². The molecule has 1 saturated heterocycles. The number of hydrogen-bond acceptors (Lipinski definition) is 2. The number of anilines is 1. The summed E-state index contributed by atoms with van der Waals surface area (Å²) in [6, 6.07) is 5.11. The van der Waals surface area contributed by atoms with Gasteiger partial charge in [0.25, 0.3) is 0 Å². The summed E-state index contributed by atoms with van der Waals surface area (Å²) in [5, 5.41) is 3.55. The molecule has 1 atom stereocenters. The highest BCUT2D eigenvalue weighted by molar-refractivity contribution is 6.31. The van der Waals surface area contributed by atoms with Crippen LogP contribution < -0.4 is 5.32 Å². The maximum absolute atomic E-state index is 12.5. The molecule has 1 aromatic rings. The minimum atomic E-state index is -0.337. The first kappa shape index (κ1) is 14.4. The maximum atomic E-state index is 12.5. The molecular weight excluding hydrogens is 288 g/mol. The van der Waals surface area contributed by atoms with E-state index >= 15 is 0 Å². The van der Waals surface area contributed by atoms with E-state index in [4.69, 9.17) is 11.6 Å². The summed E-state index contributed by atoms with van der Waals surface area (Å²) in [6.07, 6.45) is 3.57. The van der Waals surface area contributed by atoms with Gasteiger partial charge in [0.2, 0.25) is 11.8 Å². The van der Waals surface area contributed by atoms with Crippen LogP contribution in [0.4, 0.5) is 5.69 Å². The number of likely N-dealkylation sites (tertiary alicyclic amines) is 1. The van der Waals surface area contributed by atoms with E-state index in [0.29, 0.717) is 11.6 Å². The van der Waals surface area contributed by atoms with Crippen LogP contribution in [0, 0.1) is 12.8 Å². The van der Waals surface area contributed by atoms with Gasteiger partial charge in [-0.3, -0.25) is 9.59 Å². The van der Waals surface area contributed by atoms with Crippen LogP contribution >= 0.6 is 11.6 Å². The Morgan fingerprint density at radius 2 is 2.05 bits per heavy atom. The van der Waals surface area contributed by atoms with Crippen molar-refractivity contribution < 1.29 is 9.59 Å². The van der Waals surface area contributed by atoms with Gasteiger partial charge in [-0.05, 0) is 50.3 Å². The number of halogens is 1. The van der Waals surface area contributed by atoms with Gasteiger partial charge in [-0.1, -0.05) is 17.7 Å². The Bertz CT molecular complexity index is 584. The Morgan fingerprint density at radius 1 is 1.29 bits per heavy atom. The summed E-state index contributed by atoms with van der Waals surface area (Å²) in [5.41, 5.74) is 1.57. The van der Waals surface area contributed by atoms with Gasteiger partial charge in [0.1, 0.15) is 6.04 Å². The normalized spacial score (nSPS) is 21.4. The first-order valence-electron chi connectivity index (χ1n) is 7.44. The van der Waals surface area contributed by atoms with Crippen LogP contribution in [0.2, 0.25) is 5.02 Å². The number of hydrogen-bond donors (Lipinski definition) is 1. The summed E-state index contributed by atoms with van der Waals surface area (Å²) in [7, 11) is 0. The van der Waals surface area contributed by atoms with Crippen LogP contribution in [0.25, 0.3) is 0 Å². The van der Waals surface area contributed by atoms with Gasteiger partial charge >= 0.3 is 0 Å². The molecule has 2 aliphatic rings. The Balaban J connectivity index is 1.72. The standard InChI is InChI=1S/C16H19ClN2O2/c1-10-12(17)4-2-5-13(10)18-15(20)14-6-3-9-19(14)16(21)11-7-8-11/h2,4-5,11,14H,3,6-9H2,1H3,(H,18,20)/t14-/m1/s1. The molecule has 1 aromatic carbocycles. The average Bonchev–Trinajstić information content (AvgIpc) is 3.19. The highest BCUT2D eigenvalue weighted by Gasteiger charge is 2.40. The van der Waals surface area contributed by atoms with Crippen LogP contribution in [0.3, 0.4) is 0 Å². The third-order valence-corrected chi connectivity index (χ3v) is 4.70. The Hall–Kier alpha value is -1.55. The Labute approximate surface area is 129 Å². The van der Waals surface area contributed by atoms with Crippen molar-refractivity contribution in [2.45, 2.75) is 38.6 Å². The van der Waals surface area contributed by atoms with Crippen molar-refractivity contribution in [3.63, 3.8) is 0 Å². The zero-order valence-corrected chi connectivity index (χ0v) is 12.8. The molecule has 0 aromatic heterocycles. The number of benzene rings is 1. The van der Waals surface area contributed by atoms with Gasteiger partial charge < -0.3 is 10.2 Å². The van der Waals surface area contributed by atoms with Crippen LogP contribution in [-0.2, 0) is 9.59 Å². The van der Waals surface area contributed by atoms with E-state index in [0.717, 1.165) is 36.9 Å². The molecule has 4 nitrogen and oxygen atoms in total. The van der Waals surface area contributed by atoms with Gasteiger partial charge in [-0.15, -0.1) is 0 Å². The van der Waals surface area contributed by atoms with Gasteiger partial charge in [-0.25, -0.2) is 0 Å². The molecule has 0 spiro atoms. The van der Waals surface area contributed by atoms with E-state index in [1.807, 2.05) is 19.1 Å². The number of amides is 2. The maximum Gasteiger partial charge on any atom is 0.247 e. The Kier molecular flexibility index (Phi) is 3.89. The largest absolute Gasteiger partial charge is 0.330 e. The molecule has 0 radical (unpaired) electrons. The van der Waals surface area contributed by atoms with Gasteiger partial charge in [0.15, 0.2) is 0 Å². The van der Waals surface area contributed by atoms with Crippen LogP contribution in [0.15, 0.2) is 18.2 Å². The third kappa shape index (κ3) is 2.91. The van der Waals surface area contributed by atoms with E-state index < -0.39 is 0 Å². The molecule has 1 aliphatic carbocycles. The topological polar surface area (TPSA) is 49.4 Å². The third-order valence-electron chi connectivity index (χ3n) is 4.29. The summed E-state index contributed by atoms with van der Waals surface area (Å²) in [4.78, 5) is 26.5. The molecule has 1 aliphatic heterocycles. The highest BCUT2D eigenvalue weighted by atomic mass is 35.5. The molecule has 112 valence electrons. The monoisotopic (exact) mass is 306 g/mol. The minimum Gasteiger partial charge on any atom is -0.330 e. The molecule has 2 amide bonds. The van der Waals surface area contributed by atoms with Crippen molar-refractivity contribution in [1.29, 1.82) is 0 Å². The van der Waals surface area contributed by atoms with E-state index in [2.05, 4.69) is 5.32 Å². The quantitative estimate of drug-likeness (QED) is 0.933. The zero-order valence-electron chi connectivity index (χ0n) is 12.1. The van der Waals surface area contributed by atoms with Crippen molar-refractivity contribution >= 4 is 29.1 Å². The van der Waals surface area contributed by atoms with Gasteiger partial charge in [-0.2, -0.15) is 0 Å². The zero-order chi connectivity index (χ0) is 15.0. The lowest BCUT2D eigenvalue weighted by molar-refractivity contribution is -0.137. The summed E-state index contributed by atoms with van der Waals surface area (Å²) in [5.74, 6) is 0.202. The number of rotatable bonds is 3. The second-order valence-corrected chi connectivity index (χ2v) is 6.27. The first-order chi connectivity index (χ1) is 10.1. The average molecular weight is 307 g/mol. The molecule has 21 heavy (non-hydrogen) atoms. The second-order valence-electron chi connectivity index (χ2n) is 5.87. The number of carbonyl (C=O) groups is 2. The van der Waals surface area contributed by atoms with Crippen molar-refractivity contribution in [1.82, 2.24) is 4.90 Å². The van der Waals surface area contributed by atoms with E-state index in [1.54, 1.807) is 11.0 Å². The lowest BCUT2D eigenvalue weighted by Gasteiger charge is -2.24. The minimum absolute atomic E-state index is 0.105. The number of nitrogens with one attached hydrogen (secondary N) is 1. The van der Waals surface area contributed by atoms with Gasteiger partial charge in [0.05, 0.1) is 0 Å². The van der Waals surface area contributed by atoms with Crippen LogP contribution in [0.5, 0.6) is 0 Å².